The van der Waals surface area contributed by atoms with Gasteiger partial charge in [-0.05, 0) is 36.7 Å². The van der Waals surface area contributed by atoms with Gasteiger partial charge in [0.2, 0.25) is 0 Å². The normalized spacial score (nSPS) is 12.4. The summed E-state index contributed by atoms with van der Waals surface area (Å²) in [5.74, 6) is -1.73. The molecule has 21 heavy (non-hydrogen) atoms. The minimum atomic E-state index is -0.648. The summed E-state index contributed by atoms with van der Waals surface area (Å²) in [4.78, 5) is 0. The minimum Gasteiger partial charge on any atom is -0.310 e. The third-order valence-corrected chi connectivity index (χ3v) is 3.57. The smallest absolute Gasteiger partial charge is 0.129 e. The van der Waals surface area contributed by atoms with Crippen LogP contribution in [0, 0.1) is 17.5 Å². The van der Waals surface area contributed by atoms with Crippen LogP contribution >= 0.6 is 11.6 Å². The first-order valence-electron chi connectivity index (χ1n) is 6.64. The molecule has 2 rings (SSSR count). The lowest BCUT2D eigenvalue weighted by molar-refractivity contribution is 0.495. The summed E-state index contributed by atoms with van der Waals surface area (Å²) >= 11 is 6.06. The van der Waals surface area contributed by atoms with Crippen molar-refractivity contribution in [3.05, 3.63) is 70.0 Å². The van der Waals surface area contributed by atoms with Crippen LogP contribution in [0.1, 0.15) is 24.1 Å². The van der Waals surface area contributed by atoms with E-state index in [-0.39, 0.29) is 11.4 Å². The molecule has 0 heterocycles. The molecule has 0 bridgehead atoms. The third-order valence-electron chi connectivity index (χ3n) is 3.24. The number of hydrogen-bond donors (Lipinski definition) is 1. The van der Waals surface area contributed by atoms with Gasteiger partial charge in [0.15, 0.2) is 0 Å². The fourth-order valence-corrected chi connectivity index (χ4v) is 2.57. The van der Waals surface area contributed by atoms with Crippen molar-refractivity contribution in [3.63, 3.8) is 0 Å². The highest BCUT2D eigenvalue weighted by atomic mass is 35.5. The Balaban J connectivity index is 2.35. The molecule has 0 aliphatic heterocycles. The fraction of sp³-hybridized carbons (Fsp3) is 0.250. The van der Waals surface area contributed by atoms with Gasteiger partial charge in [-0.2, -0.15) is 0 Å². The van der Waals surface area contributed by atoms with Crippen LogP contribution in [0.5, 0.6) is 0 Å². The van der Waals surface area contributed by atoms with Crippen LogP contribution in [-0.4, -0.2) is 6.54 Å². The molecule has 0 aliphatic rings. The Hall–Kier alpha value is -1.52. The van der Waals surface area contributed by atoms with E-state index in [0.717, 1.165) is 6.07 Å². The predicted octanol–water partition coefficient (Wildman–Crippen LogP) is 4.65. The molecule has 0 spiro atoms. The SMILES string of the molecule is CCNC(Cc1ccc(F)cc1F)c1c(F)cccc1Cl. The molecule has 0 amide bonds. The molecule has 0 aliphatic carbocycles. The Kier molecular flexibility index (Phi) is 5.26. The van der Waals surface area contributed by atoms with Gasteiger partial charge < -0.3 is 5.32 Å². The molecule has 5 heteroatoms. The van der Waals surface area contributed by atoms with Gasteiger partial charge in [0.25, 0.3) is 0 Å². The van der Waals surface area contributed by atoms with E-state index in [1.165, 1.54) is 24.3 Å². The van der Waals surface area contributed by atoms with Crippen molar-refractivity contribution in [1.82, 2.24) is 5.32 Å². The average Bonchev–Trinajstić information content (AvgIpc) is 2.41. The Morgan fingerprint density at radius 2 is 1.86 bits per heavy atom. The largest absolute Gasteiger partial charge is 0.310 e. The van der Waals surface area contributed by atoms with Gasteiger partial charge >= 0.3 is 0 Å². The lowest BCUT2D eigenvalue weighted by Gasteiger charge is -2.20. The monoisotopic (exact) mass is 313 g/mol. The second-order valence-corrected chi connectivity index (χ2v) is 5.09. The van der Waals surface area contributed by atoms with E-state index < -0.39 is 23.5 Å². The van der Waals surface area contributed by atoms with Crippen molar-refractivity contribution in [2.24, 2.45) is 0 Å². The highest BCUT2D eigenvalue weighted by Gasteiger charge is 2.20. The molecule has 0 fully saturated rings. The van der Waals surface area contributed by atoms with E-state index in [1.54, 1.807) is 6.07 Å². The van der Waals surface area contributed by atoms with Crippen molar-refractivity contribution in [3.8, 4) is 0 Å². The quantitative estimate of drug-likeness (QED) is 0.847. The van der Waals surface area contributed by atoms with E-state index in [2.05, 4.69) is 5.32 Å². The second-order valence-electron chi connectivity index (χ2n) is 4.69. The van der Waals surface area contributed by atoms with Crippen LogP contribution < -0.4 is 5.32 Å². The van der Waals surface area contributed by atoms with Gasteiger partial charge in [-0.3, -0.25) is 0 Å². The van der Waals surface area contributed by atoms with Crippen LogP contribution in [0.3, 0.4) is 0 Å². The summed E-state index contributed by atoms with van der Waals surface area (Å²) in [5.41, 5.74) is 0.603. The number of hydrogen-bond acceptors (Lipinski definition) is 1. The number of halogens is 4. The predicted molar refractivity (Wildman–Crippen MR) is 77.9 cm³/mol. The summed E-state index contributed by atoms with van der Waals surface area (Å²) in [6.07, 6.45) is 0.181. The molecule has 1 unspecified atom stereocenters. The van der Waals surface area contributed by atoms with E-state index in [4.69, 9.17) is 11.6 Å². The van der Waals surface area contributed by atoms with E-state index in [1.807, 2.05) is 6.92 Å². The maximum atomic E-state index is 14.0. The Labute approximate surface area is 126 Å². The summed E-state index contributed by atoms with van der Waals surface area (Å²) in [6.45, 7) is 2.43. The summed E-state index contributed by atoms with van der Waals surface area (Å²) in [5, 5.41) is 3.37. The molecule has 1 N–H and O–H groups in total. The minimum absolute atomic E-state index is 0.181. The third kappa shape index (κ3) is 3.77. The van der Waals surface area contributed by atoms with Crippen molar-refractivity contribution in [2.45, 2.75) is 19.4 Å². The molecule has 1 atom stereocenters. The highest BCUT2D eigenvalue weighted by Crippen LogP contribution is 2.29. The topological polar surface area (TPSA) is 12.0 Å². The Bertz CT molecular complexity index is 611. The van der Waals surface area contributed by atoms with Crippen molar-refractivity contribution >= 4 is 11.6 Å². The molecule has 2 aromatic rings. The number of rotatable bonds is 5. The number of likely N-dealkylation sites (N-methyl/N-ethyl adjacent to an activating group) is 1. The van der Waals surface area contributed by atoms with Gasteiger partial charge in [-0.15, -0.1) is 0 Å². The van der Waals surface area contributed by atoms with Crippen LogP contribution in [-0.2, 0) is 6.42 Å². The molecule has 0 saturated carbocycles. The second kappa shape index (κ2) is 6.96. The first-order chi connectivity index (χ1) is 10.0. The standard InChI is InChI=1S/C16H15ClF3N/c1-2-21-15(16-12(17)4-3-5-13(16)19)8-10-6-7-11(18)9-14(10)20/h3-7,9,15,21H,2,8H2,1H3. The Morgan fingerprint density at radius 3 is 2.48 bits per heavy atom. The summed E-state index contributed by atoms with van der Waals surface area (Å²) in [6, 6.07) is 7.30. The van der Waals surface area contributed by atoms with Crippen LogP contribution in [0.4, 0.5) is 13.2 Å². The summed E-state index contributed by atoms with van der Waals surface area (Å²) < 4.78 is 40.7. The lowest BCUT2D eigenvalue weighted by atomic mass is 9.97. The molecule has 1 nitrogen and oxygen atoms in total. The van der Waals surface area contributed by atoms with Crippen LogP contribution in [0.25, 0.3) is 0 Å². The molecule has 0 aromatic heterocycles. The van der Waals surface area contributed by atoms with Gasteiger partial charge in [-0.25, -0.2) is 13.2 Å². The Morgan fingerprint density at radius 1 is 1.10 bits per heavy atom. The molecule has 0 saturated heterocycles. The van der Waals surface area contributed by atoms with Crippen molar-refractivity contribution < 1.29 is 13.2 Å². The maximum absolute atomic E-state index is 14.0. The average molecular weight is 314 g/mol. The van der Waals surface area contributed by atoms with Gasteiger partial charge in [0.05, 0.1) is 0 Å². The van der Waals surface area contributed by atoms with E-state index in [0.29, 0.717) is 17.7 Å². The fourth-order valence-electron chi connectivity index (χ4n) is 2.27. The first-order valence-corrected chi connectivity index (χ1v) is 7.02. The number of benzene rings is 2. The zero-order valence-corrected chi connectivity index (χ0v) is 12.2. The zero-order valence-electron chi connectivity index (χ0n) is 11.5. The van der Waals surface area contributed by atoms with Crippen LogP contribution in [0.15, 0.2) is 36.4 Å². The zero-order chi connectivity index (χ0) is 15.4. The maximum Gasteiger partial charge on any atom is 0.129 e. The highest BCUT2D eigenvalue weighted by molar-refractivity contribution is 6.31. The van der Waals surface area contributed by atoms with E-state index >= 15 is 0 Å². The van der Waals surface area contributed by atoms with E-state index in [9.17, 15) is 13.2 Å². The molecular weight excluding hydrogens is 299 g/mol. The lowest BCUT2D eigenvalue weighted by Crippen LogP contribution is -2.24. The van der Waals surface area contributed by atoms with Gasteiger partial charge in [0, 0.05) is 22.7 Å². The molecule has 2 aromatic carbocycles. The van der Waals surface area contributed by atoms with Gasteiger partial charge in [0.1, 0.15) is 17.5 Å². The molecule has 112 valence electrons. The van der Waals surface area contributed by atoms with Crippen molar-refractivity contribution in [2.75, 3.05) is 6.54 Å². The summed E-state index contributed by atoms with van der Waals surface area (Å²) in [7, 11) is 0. The molecule has 0 radical (unpaired) electrons. The van der Waals surface area contributed by atoms with Crippen molar-refractivity contribution in [1.29, 1.82) is 0 Å². The van der Waals surface area contributed by atoms with Gasteiger partial charge in [-0.1, -0.05) is 30.7 Å². The first kappa shape index (κ1) is 15.9. The molecular formula is C16H15ClF3N. The van der Waals surface area contributed by atoms with Crippen LogP contribution in [0.2, 0.25) is 5.02 Å². The number of nitrogens with one attached hydrogen (secondary N) is 1.